The predicted molar refractivity (Wildman–Crippen MR) is 127 cm³/mol. The minimum Gasteiger partial charge on any atom is -0.459 e. The number of aromatic nitrogens is 1. The Morgan fingerprint density at radius 3 is 2.53 bits per heavy atom. The van der Waals surface area contributed by atoms with Crippen LogP contribution < -0.4 is 15.5 Å². The molecule has 3 heterocycles. The van der Waals surface area contributed by atoms with E-state index in [1.165, 1.54) is 6.42 Å². The second-order valence-corrected chi connectivity index (χ2v) is 8.60. The Balaban J connectivity index is 1.29. The van der Waals surface area contributed by atoms with Crippen LogP contribution in [0, 0.1) is 11.8 Å². The van der Waals surface area contributed by atoms with Gasteiger partial charge >= 0.3 is 0 Å². The SMILES string of the molecule is C[C@@H]1C[C@@H](C)CN(c2ccc(NC(=S)NCc3ccc(-c4ccccc4)o3)cn2)C1. The van der Waals surface area contributed by atoms with Gasteiger partial charge in [0, 0.05) is 18.7 Å². The maximum Gasteiger partial charge on any atom is 0.171 e. The van der Waals surface area contributed by atoms with Crippen molar-refractivity contribution in [3.05, 3.63) is 66.6 Å². The summed E-state index contributed by atoms with van der Waals surface area (Å²) in [6.07, 6.45) is 3.13. The third-order valence-electron chi connectivity index (χ3n) is 5.34. The van der Waals surface area contributed by atoms with Gasteiger partial charge in [0.05, 0.1) is 18.4 Å². The van der Waals surface area contributed by atoms with Crippen LogP contribution in [0.5, 0.6) is 0 Å². The van der Waals surface area contributed by atoms with Crippen LogP contribution in [0.3, 0.4) is 0 Å². The highest BCUT2D eigenvalue weighted by molar-refractivity contribution is 7.80. The highest BCUT2D eigenvalue weighted by Crippen LogP contribution is 2.25. The van der Waals surface area contributed by atoms with E-state index in [0.717, 1.165) is 41.7 Å². The molecule has 0 amide bonds. The van der Waals surface area contributed by atoms with Crippen LogP contribution in [-0.2, 0) is 6.54 Å². The van der Waals surface area contributed by atoms with Gasteiger partial charge < -0.3 is 20.0 Å². The second-order valence-electron chi connectivity index (χ2n) is 8.20. The van der Waals surface area contributed by atoms with E-state index in [1.54, 1.807) is 0 Å². The van der Waals surface area contributed by atoms with Crippen molar-refractivity contribution < 1.29 is 4.42 Å². The van der Waals surface area contributed by atoms with E-state index in [0.29, 0.717) is 23.5 Å². The summed E-state index contributed by atoms with van der Waals surface area (Å²) < 4.78 is 5.90. The summed E-state index contributed by atoms with van der Waals surface area (Å²) >= 11 is 5.42. The molecule has 0 aliphatic carbocycles. The van der Waals surface area contributed by atoms with Crippen LogP contribution in [0.25, 0.3) is 11.3 Å². The zero-order valence-corrected chi connectivity index (χ0v) is 18.3. The summed E-state index contributed by atoms with van der Waals surface area (Å²) in [7, 11) is 0. The summed E-state index contributed by atoms with van der Waals surface area (Å²) in [5.41, 5.74) is 1.94. The summed E-state index contributed by atoms with van der Waals surface area (Å²) in [4.78, 5) is 7.01. The smallest absolute Gasteiger partial charge is 0.171 e. The van der Waals surface area contributed by atoms with Gasteiger partial charge in [-0.15, -0.1) is 0 Å². The Bertz CT molecular complexity index is 960. The van der Waals surface area contributed by atoms with Crippen molar-refractivity contribution in [2.24, 2.45) is 11.8 Å². The third-order valence-corrected chi connectivity index (χ3v) is 5.59. The first-order valence-electron chi connectivity index (χ1n) is 10.5. The molecule has 6 heteroatoms. The number of rotatable bonds is 5. The lowest BCUT2D eigenvalue weighted by Gasteiger charge is -2.35. The minimum atomic E-state index is 0.522. The van der Waals surface area contributed by atoms with Gasteiger partial charge in [-0.1, -0.05) is 44.2 Å². The molecular formula is C24H28N4OS. The van der Waals surface area contributed by atoms with Crippen LogP contribution in [0.2, 0.25) is 0 Å². The molecule has 1 aliphatic heterocycles. The van der Waals surface area contributed by atoms with Gasteiger partial charge in [0.2, 0.25) is 0 Å². The molecule has 1 aromatic carbocycles. The van der Waals surface area contributed by atoms with Crippen molar-refractivity contribution in [1.29, 1.82) is 0 Å². The Morgan fingerprint density at radius 2 is 1.83 bits per heavy atom. The molecule has 5 nitrogen and oxygen atoms in total. The molecule has 3 aromatic rings. The van der Waals surface area contributed by atoms with Crippen molar-refractivity contribution in [3.63, 3.8) is 0 Å². The Kier molecular flexibility index (Phi) is 6.33. The fraction of sp³-hybridized carbons (Fsp3) is 0.333. The first-order valence-corrected chi connectivity index (χ1v) is 10.9. The van der Waals surface area contributed by atoms with E-state index in [9.17, 15) is 0 Å². The van der Waals surface area contributed by atoms with Crippen molar-refractivity contribution in [3.8, 4) is 11.3 Å². The van der Waals surface area contributed by atoms with Crippen LogP contribution >= 0.6 is 12.2 Å². The van der Waals surface area contributed by atoms with Crippen molar-refractivity contribution in [2.45, 2.75) is 26.8 Å². The van der Waals surface area contributed by atoms with Gasteiger partial charge in [-0.2, -0.15) is 0 Å². The number of nitrogens with zero attached hydrogens (tertiary/aromatic N) is 2. The number of furan rings is 1. The molecular weight excluding hydrogens is 392 g/mol. The van der Waals surface area contributed by atoms with E-state index < -0.39 is 0 Å². The number of hydrogen-bond donors (Lipinski definition) is 2. The fourth-order valence-electron chi connectivity index (χ4n) is 4.07. The second kappa shape index (κ2) is 9.30. The van der Waals surface area contributed by atoms with E-state index in [4.69, 9.17) is 16.6 Å². The lowest BCUT2D eigenvalue weighted by atomic mass is 9.92. The summed E-state index contributed by atoms with van der Waals surface area (Å²) in [5.74, 6) is 4.12. The van der Waals surface area contributed by atoms with Crippen molar-refractivity contribution in [2.75, 3.05) is 23.3 Å². The molecule has 2 aromatic heterocycles. The zero-order valence-electron chi connectivity index (χ0n) is 17.5. The molecule has 0 saturated carbocycles. The van der Waals surface area contributed by atoms with Gasteiger partial charge in [0.25, 0.3) is 0 Å². The summed E-state index contributed by atoms with van der Waals surface area (Å²) in [6.45, 7) is 7.28. The molecule has 0 unspecified atom stereocenters. The minimum absolute atomic E-state index is 0.522. The Hall–Kier alpha value is -2.86. The standard InChI is InChI=1S/C24H28N4OS/c1-17-12-18(2)16-28(15-17)23-11-8-20(13-25-23)27-24(30)26-14-21-9-10-22(29-21)19-6-4-3-5-7-19/h3-11,13,17-18H,12,14-16H2,1-2H3,(H2,26,27,30)/t17-,18-/m1/s1. The maximum absolute atomic E-state index is 5.90. The first kappa shape index (κ1) is 20.4. The molecule has 1 aliphatic rings. The Morgan fingerprint density at radius 1 is 1.07 bits per heavy atom. The molecule has 1 fully saturated rings. The zero-order chi connectivity index (χ0) is 20.9. The average molecular weight is 421 g/mol. The van der Waals surface area contributed by atoms with E-state index in [1.807, 2.05) is 54.7 Å². The molecule has 30 heavy (non-hydrogen) atoms. The number of benzene rings is 1. The molecule has 2 N–H and O–H groups in total. The lowest BCUT2D eigenvalue weighted by Crippen LogP contribution is -2.39. The van der Waals surface area contributed by atoms with Crippen LogP contribution in [0.4, 0.5) is 11.5 Å². The summed E-state index contributed by atoms with van der Waals surface area (Å²) in [6, 6.07) is 18.1. The van der Waals surface area contributed by atoms with Crippen molar-refractivity contribution in [1.82, 2.24) is 10.3 Å². The molecule has 0 radical (unpaired) electrons. The van der Waals surface area contributed by atoms with Crippen LogP contribution in [0.15, 0.2) is 65.2 Å². The average Bonchev–Trinajstić information content (AvgIpc) is 3.22. The number of nitrogens with one attached hydrogen (secondary N) is 2. The highest BCUT2D eigenvalue weighted by atomic mass is 32.1. The summed E-state index contributed by atoms with van der Waals surface area (Å²) in [5, 5.41) is 6.93. The van der Waals surface area contributed by atoms with Gasteiger partial charge in [-0.3, -0.25) is 0 Å². The number of piperidine rings is 1. The van der Waals surface area contributed by atoms with Crippen LogP contribution in [-0.4, -0.2) is 23.2 Å². The normalized spacial score (nSPS) is 18.8. The maximum atomic E-state index is 5.90. The molecule has 0 bridgehead atoms. The van der Waals surface area contributed by atoms with Gasteiger partial charge in [-0.25, -0.2) is 4.98 Å². The van der Waals surface area contributed by atoms with E-state index in [2.05, 4.69) is 40.4 Å². The molecule has 0 spiro atoms. The van der Waals surface area contributed by atoms with Crippen LogP contribution in [0.1, 0.15) is 26.0 Å². The molecule has 1 saturated heterocycles. The number of anilines is 2. The number of hydrogen-bond acceptors (Lipinski definition) is 4. The monoisotopic (exact) mass is 420 g/mol. The van der Waals surface area contributed by atoms with Gasteiger partial charge in [0.15, 0.2) is 5.11 Å². The quantitative estimate of drug-likeness (QED) is 0.546. The van der Waals surface area contributed by atoms with E-state index in [-0.39, 0.29) is 0 Å². The molecule has 4 rings (SSSR count). The van der Waals surface area contributed by atoms with Gasteiger partial charge in [-0.05, 0) is 54.7 Å². The molecule has 156 valence electrons. The lowest BCUT2D eigenvalue weighted by molar-refractivity contribution is 0.355. The topological polar surface area (TPSA) is 53.3 Å². The first-order chi connectivity index (χ1) is 14.6. The Labute approximate surface area is 183 Å². The number of pyridine rings is 1. The van der Waals surface area contributed by atoms with E-state index >= 15 is 0 Å². The van der Waals surface area contributed by atoms with Gasteiger partial charge in [0.1, 0.15) is 17.3 Å². The largest absolute Gasteiger partial charge is 0.459 e. The fourth-order valence-corrected chi connectivity index (χ4v) is 4.26. The number of thiocarbonyl (C=S) groups is 1. The molecule has 2 atom stereocenters. The highest BCUT2D eigenvalue weighted by Gasteiger charge is 2.22. The predicted octanol–water partition coefficient (Wildman–Crippen LogP) is 5.31. The third kappa shape index (κ3) is 5.19. The van der Waals surface area contributed by atoms with Crippen molar-refractivity contribution >= 4 is 28.8 Å².